The van der Waals surface area contributed by atoms with E-state index in [1.54, 1.807) is 0 Å². The Hall–Kier alpha value is -0.910. The highest BCUT2D eigenvalue weighted by molar-refractivity contribution is 4.91. The van der Waals surface area contributed by atoms with Gasteiger partial charge in [-0.05, 0) is 13.0 Å². The molecule has 5 heteroatoms. The molecule has 0 bridgehead atoms. The molecule has 0 amide bonds. The first-order valence-electron chi connectivity index (χ1n) is 7.67. The molecular weight excluding hydrogens is 250 g/mol. The standard InChI is InChI=1S/C15H29N5/c1-13(2)14(20-9-7-18(3)8-10-20)11-16-12-15-17-5-6-19(15)4/h5-6,13-14,16H,7-12H2,1-4H3. The van der Waals surface area contributed by atoms with Crippen molar-refractivity contribution >= 4 is 0 Å². The third-order valence-corrected chi connectivity index (χ3v) is 4.33. The fraction of sp³-hybridized carbons (Fsp3) is 0.800. The predicted molar refractivity (Wildman–Crippen MR) is 82.6 cm³/mol. The normalized spacial score (nSPS) is 19.6. The molecule has 1 N–H and O–H groups in total. The van der Waals surface area contributed by atoms with Crippen molar-refractivity contribution in [2.24, 2.45) is 13.0 Å². The molecule has 1 saturated heterocycles. The number of imidazole rings is 1. The van der Waals surface area contributed by atoms with Crippen LogP contribution in [0.5, 0.6) is 0 Å². The van der Waals surface area contributed by atoms with E-state index in [0.717, 1.165) is 18.9 Å². The summed E-state index contributed by atoms with van der Waals surface area (Å²) in [6.07, 6.45) is 3.86. The summed E-state index contributed by atoms with van der Waals surface area (Å²) in [6.45, 7) is 11.3. The average molecular weight is 279 g/mol. The van der Waals surface area contributed by atoms with E-state index in [1.807, 2.05) is 19.4 Å². The number of nitrogens with one attached hydrogen (secondary N) is 1. The Morgan fingerprint density at radius 3 is 2.45 bits per heavy atom. The summed E-state index contributed by atoms with van der Waals surface area (Å²) in [5.41, 5.74) is 0. The zero-order chi connectivity index (χ0) is 14.5. The van der Waals surface area contributed by atoms with Crippen LogP contribution in [0.2, 0.25) is 0 Å². The van der Waals surface area contributed by atoms with Crippen molar-refractivity contribution in [1.82, 2.24) is 24.7 Å². The van der Waals surface area contributed by atoms with Gasteiger partial charge in [-0.25, -0.2) is 4.98 Å². The third-order valence-electron chi connectivity index (χ3n) is 4.33. The summed E-state index contributed by atoms with van der Waals surface area (Å²) >= 11 is 0. The Morgan fingerprint density at radius 2 is 1.90 bits per heavy atom. The molecule has 2 heterocycles. The maximum absolute atomic E-state index is 4.36. The molecule has 1 unspecified atom stereocenters. The molecule has 114 valence electrons. The van der Waals surface area contributed by atoms with Crippen LogP contribution in [0.25, 0.3) is 0 Å². The zero-order valence-electron chi connectivity index (χ0n) is 13.3. The second-order valence-corrected chi connectivity index (χ2v) is 6.24. The van der Waals surface area contributed by atoms with Gasteiger partial charge in [-0.3, -0.25) is 4.90 Å². The molecular formula is C15H29N5. The Bertz CT molecular complexity index is 393. The average Bonchev–Trinajstić information content (AvgIpc) is 2.81. The Morgan fingerprint density at radius 1 is 1.20 bits per heavy atom. The van der Waals surface area contributed by atoms with Gasteiger partial charge in [0.05, 0.1) is 6.54 Å². The van der Waals surface area contributed by atoms with Crippen molar-refractivity contribution in [2.75, 3.05) is 39.8 Å². The number of aromatic nitrogens is 2. The van der Waals surface area contributed by atoms with Gasteiger partial charge in [0.2, 0.25) is 0 Å². The van der Waals surface area contributed by atoms with Crippen molar-refractivity contribution in [2.45, 2.75) is 26.4 Å². The minimum absolute atomic E-state index is 0.615. The van der Waals surface area contributed by atoms with E-state index in [-0.39, 0.29) is 0 Å². The topological polar surface area (TPSA) is 36.3 Å². The molecule has 1 aromatic heterocycles. The number of aryl methyl sites for hydroxylation is 1. The van der Waals surface area contributed by atoms with Crippen LogP contribution in [-0.2, 0) is 13.6 Å². The van der Waals surface area contributed by atoms with Gasteiger partial charge in [0, 0.05) is 58.2 Å². The first kappa shape index (κ1) is 15.5. The van der Waals surface area contributed by atoms with Gasteiger partial charge < -0.3 is 14.8 Å². The molecule has 5 nitrogen and oxygen atoms in total. The maximum atomic E-state index is 4.36. The van der Waals surface area contributed by atoms with E-state index in [2.05, 4.69) is 45.6 Å². The quantitative estimate of drug-likeness (QED) is 0.835. The van der Waals surface area contributed by atoms with Gasteiger partial charge in [0.25, 0.3) is 0 Å². The largest absolute Gasteiger partial charge is 0.337 e. The number of hydrogen-bond donors (Lipinski definition) is 1. The molecule has 1 aliphatic heterocycles. The molecule has 1 fully saturated rings. The highest BCUT2D eigenvalue weighted by Crippen LogP contribution is 2.13. The molecule has 1 aliphatic rings. The fourth-order valence-electron chi connectivity index (χ4n) is 2.84. The molecule has 0 radical (unpaired) electrons. The molecule has 0 spiro atoms. The molecule has 1 aromatic rings. The van der Waals surface area contributed by atoms with Crippen LogP contribution in [0, 0.1) is 5.92 Å². The molecule has 0 aromatic carbocycles. The summed E-state index contributed by atoms with van der Waals surface area (Å²) < 4.78 is 2.08. The highest BCUT2D eigenvalue weighted by Gasteiger charge is 2.24. The summed E-state index contributed by atoms with van der Waals surface area (Å²) in [6, 6.07) is 0.615. The van der Waals surface area contributed by atoms with Crippen LogP contribution in [0.15, 0.2) is 12.4 Å². The summed E-state index contributed by atoms with van der Waals surface area (Å²) in [5, 5.41) is 3.58. The van der Waals surface area contributed by atoms with Gasteiger partial charge in [-0.1, -0.05) is 13.8 Å². The van der Waals surface area contributed by atoms with E-state index in [9.17, 15) is 0 Å². The lowest BCUT2D eigenvalue weighted by atomic mass is 10.0. The van der Waals surface area contributed by atoms with E-state index < -0.39 is 0 Å². The molecule has 0 aliphatic carbocycles. The Balaban J connectivity index is 1.82. The second kappa shape index (κ2) is 7.20. The van der Waals surface area contributed by atoms with Crippen LogP contribution in [0.1, 0.15) is 19.7 Å². The van der Waals surface area contributed by atoms with Gasteiger partial charge >= 0.3 is 0 Å². The van der Waals surface area contributed by atoms with Crippen molar-refractivity contribution < 1.29 is 0 Å². The smallest absolute Gasteiger partial charge is 0.122 e. The summed E-state index contributed by atoms with van der Waals surface area (Å²) in [4.78, 5) is 9.41. The maximum Gasteiger partial charge on any atom is 0.122 e. The lowest BCUT2D eigenvalue weighted by molar-refractivity contribution is 0.0874. The first-order chi connectivity index (χ1) is 9.58. The van der Waals surface area contributed by atoms with Gasteiger partial charge in [-0.2, -0.15) is 0 Å². The van der Waals surface area contributed by atoms with Gasteiger partial charge in [0.1, 0.15) is 5.82 Å². The summed E-state index contributed by atoms with van der Waals surface area (Å²) in [5.74, 6) is 1.78. The van der Waals surface area contributed by atoms with Crippen LogP contribution in [0.3, 0.4) is 0 Å². The molecule has 1 atom stereocenters. The van der Waals surface area contributed by atoms with Crippen molar-refractivity contribution in [3.05, 3.63) is 18.2 Å². The summed E-state index contributed by atoms with van der Waals surface area (Å²) in [7, 11) is 4.26. The van der Waals surface area contributed by atoms with Crippen LogP contribution in [-0.4, -0.2) is 65.2 Å². The number of likely N-dealkylation sites (N-methyl/N-ethyl adjacent to an activating group) is 1. The monoisotopic (exact) mass is 279 g/mol. The Kier molecular flexibility index (Phi) is 5.57. The van der Waals surface area contributed by atoms with Gasteiger partial charge in [-0.15, -0.1) is 0 Å². The van der Waals surface area contributed by atoms with Gasteiger partial charge in [0.15, 0.2) is 0 Å². The Labute approximate surface area is 123 Å². The van der Waals surface area contributed by atoms with Crippen molar-refractivity contribution in [1.29, 1.82) is 0 Å². The fourth-order valence-corrected chi connectivity index (χ4v) is 2.84. The van der Waals surface area contributed by atoms with E-state index in [0.29, 0.717) is 12.0 Å². The minimum Gasteiger partial charge on any atom is -0.337 e. The number of hydrogen-bond acceptors (Lipinski definition) is 4. The molecule has 20 heavy (non-hydrogen) atoms. The first-order valence-corrected chi connectivity index (χ1v) is 7.67. The number of nitrogens with zero attached hydrogens (tertiary/aromatic N) is 4. The molecule has 2 rings (SSSR count). The number of rotatable bonds is 6. The van der Waals surface area contributed by atoms with Crippen molar-refractivity contribution in [3.8, 4) is 0 Å². The predicted octanol–water partition coefficient (Wildman–Crippen LogP) is 0.782. The lowest BCUT2D eigenvalue weighted by Crippen LogP contribution is -2.53. The minimum atomic E-state index is 0.615. The SMILES string of the molecule is CC(C)C(CNCc1nccn1C)N1CCN(C)CC1. The van der Waals surface area contributed by atoms with E-state index in [4.69, 9.17) is 0 Å². The van der Waals surface area contributed by atoms with Crippen LogP contribution >= 0.6 is 0 Å². The highest BCUT2D eigenvalue weighted by atomic mass is 15.3. The van der Waals surface area contributed by atoms with Crippen LogP contribution < -0.4 is 5.32 Å². The second-order valence-electron chi connectivity index (χ2n) is 6.24. The number of piperazine rings is 1. The van der Waals surface area contributed by atoms with Crippen molar-refractivity contribution in [3.63, 3.8) is 0 Å². The van der Waals surface area contributed by atoms with E-state index in [1.165, 1.54) is 26.2 Å². The third kappa shape index (κ3) is 4.04. The lowest BCUT2D eigenvalue weighted by Gasteiger charge is -2.40. The van der Waals surface area contributed by atoms with Crippen LogP contribution in [0.4, 0.5) is 0 Å². The zero-order valence-corrected chi connectivity index (χ0v) is 13.3. The molecule has 0 saturated carbocycles. The van der Waals surface area contributed by atoms with E-state index >= 15 is 0 Å².